The number of pyridine rings is 2. The molecule has 0 fully saturated rings. The number of rotatable bonds is 3. The predicted octanol–water partition coefficient (Wildman–Crippen LogP) is 4.23. The first kappa shape index (κ1) is 16.2. The molecular weight excluding hydrogens is 350 g/mol. The minimum atomic E-state index is -0.220. The lowest BCUT2D eigenvalue weighted by Crippen LogP contribution is -2.11. The molecule has 0 aliphatic carbocycles. The maximum Gasteiger partial charge on any atom is 0.255 e. The molecule has 1 aromatic carbocycles. The van der Waals surface area contributed by atoms with Gasteiger partial charge in [-0.2, -0.15) is 0 Å². The predicted molar refractivity (Wildman–Crippen MR) is 101 cm³/mol. The summed E-state index contributed by atoms with van der Waals surface area (Å²) in [5.41, 5.74) is 4.33. The molecule has 0 unspecified atom stereocenters. The van der Waals surface area contributed by atoms with Crippen molar-refractivity contribution in [3.63, 3.8) is 0 Å². The SMILES string of the molecule is Cc1cnc2nc(-c3cc(NC(=O)c4ccncc4)ccc3Cl)[nH]c2c1. The van der Waals surface area contributed by atoms with Crippen molar-refractivity contribution in [1.82, 2.24) is 19.9 Å². The normalized spacial score (nSPS) is 10.8. The second-order valence-corrected chi connectivity index (χ2v) is 6.26. The Morgan fingerprint density at radius 1 is 1.15 bits per heavy atom. The number of hydrogen-bond acceptors (Lipinski definition) is 4. The van der Waals surface area contributed by atoms with E-state index in [9.17, 15) is 4.79 Å². The van der Waals surface area contributed by atoms with Gasteiger partial charge in [-0.1, -0.05) is 11.6 Å². The average molecular weight is 364 g/mol. The molecular formula is C19H14ClN5O. The molecule has 4 rings (SSSR count). The molecule has 26 heavy (non-hydrogen) atoms. The molecule has 0 saturated heterocycles. The van der Waals surface area contributed by atoms with Crippen molar-refractivity contribution in [3.05, 3.63) is 71.1 Å². The van der Waals surface area contributed by atoms with Crippen LogP contribution in [0.2, 0.25) is 5.02 Å². The summed E-state index contributed by atoms with van der Waals surface area (Å²) < 4.78 is 0. The monoisotopic (exact) mass is 363 g/mol. The van der Waals surface area contributed by atoms with Crippen molar-refractivity contribution < 1.29 is 4.79 Å². The molecule has 0 aliphatic rings. The number of benzene rings is 1. The highest BCUT2D eigenvalue weighted by molar-refractivity contribution is 6.33. The Morgan fingerprint density at radius 3 is 2.77 bits per heavy atom. The maximum absolute atomic E-state index is 12.3. The van der Waals surface area contributed by atoms with Crippen LogP contribution in [0.4, 0.5) is 5.69 Å². The largest absolute Gasteiger partial charge is 0.337 e. The molecule has 0 atom stereocenters. The third-order valence-electron chi connectivity index (χ3n) is 3.90. The van der Waals surface area contributed by atoms with Crippen molar-refractivity contribution in [3.8, 4) is 11.4 Å². The molecule has 0 spiro atoms. The minimum absolute atomic E-state index is 0.220. The van der Waals surface area contributed by atoms with Gasteiger partial charge in [-0.3, -0.25) is 9.78 Å². The van der Waals surface area contributed by atoms with E-state index in [1.54, 1.807) is 48.9 Å². The van der Waals surface area contributed by atoms with Crippen LogP contribution >= 0.6 is 11.6 Å². The number of imidazole rings is 1. The standard InChI is InChI=1S/C19H14ClN5O/c1-11-8-16-18(22-10-11)25-17(24-16)14-9-13(2-3-15(14)20)23-19(26)12-4-6-21-7-5-12/h2-10H,1H3,(H,23,26)(H,22,24,25). The van der Waals surface area contributed by atoms with Crippen LogP contribution in [0.1, 0.15) is 15.9 Å². The van der Waals surface area contributed by atoms with Crippen molar-refractivity contribution in [2.24, 2.45) is 0 Å². The molecule has 2 N–H and O–H groups in total. The Hall–Kier alpha value is -3.25. The van der Waals surface area contributed by atoms with Gasteiger partial charge in [0.15, 0.2) is 5.65 Å². The maximum atomic E-state index is 12.3. The van der Waals surface area contributed by atoms with Gasteiger partial charge in [0.1, 0.15) is 5.82 Å². The van der Waals surface area contributed by atoms with Crippen molar-refractivity contribution >= 4 is 34.4 Å². The van der Waals surface area contributed by atoms with Crippen LogP contribution in [0.15, 0.2) is 55.0 Å². The molecule has 0 saturated carbocycles. The van der Waals surface area contributed by atoms with Gasteiger partial charge in [0.05, 0.1) is 10.5 Å². The van der Waals surface area contributed by atoms with Gasteiger partial charge in [-0.25, -0.2) is 9.97 Å². The van der Waals surface area contributed by atoms with Gasteiger partial charge in [-0.15, -0.1) is 0 Å². The lowest BCUT2D eigenvalue weighted by molar-refractivity contribution is 0.102. The summed E-state index contributed by atoms with van der Waals surface area (Å²) in [6.07, 6.45) is 4.91. The van der Waals surface area contributed by atoms with Gasteiger partial charge in [0.2, 0.25) is 0 Å². The smallest absolute Gasteiger partial charge is 0.255 e. The van der Waals surface area contributed by atoms with Crippen LogP contribution in [0, 0.1) is 6.92 Å². The van der Waals surface area contributed by atoms with E-state index in [1.807, 2.05) is 13.0 Å². The van der Waals surface area contributed by atoms with E-state index in [0.717, 1.165) is 11.1 Å². The highest BCUT2D eigenvalue weighted by atomic mass is 35.5. The number of nitrogens with one attached hydrogen (secondary N) is 2. The number of carbonyl (C=O) groups is 1. The Labute approximate surface area is 154 Å². The van der Waals surface area contributed by atoms with Gasteiger partial charge in [0.25, 0.3) is 5.91 Å². The van der Waals surface area contributed by atoms with Crippen LogP contribution in [-0.4, -0.2) is 25.8 Å². The highest BCUT2D eigenvalue weighted by Crippen LogP contribution is 2.30. The molecule has 128 valence electrons. The molecule has 0 bridgehead atoms. The lowest BCUT2D eigenvalue weighted by Gasteiger charge is -2.08. The third-order valence-corrected chi connectivity index (χ3v) is 4.23. The molecule has 0 radical (unpaired) electrons. The van der Waals surface area contributed by atoms with E-state index in [0.29, 0.717) is 33.3 Å². The number of anilines is 1. The fourth-order valence-corrected chi connectivity index (χ4v) is 2.83. The number of H-pyrrole nitrogens is 1. The minimum Gasteiger partial charge on any atom is -0.337 e. The van der Waals surface area contributed by atoms with Crippen LogP contribution in [0.25, 0.3) is 22.6 Å². The quantitative estimate of drug-likeness (QED) is 0.570. The first-order valence-corrected chi connectivity index (χ1v) is 8.31. The number of nitrogens with zero attached hydrogens (tertiary/aromatic N) is 3. The van der Waals surface area contributed by atoms with Crippen molar-refractivity contribution in [1.29, 1.82) is 0 Å². The summed E-state index contributed by atoms with van der Waals surface area (Å²) in [5, 5.41) is 3.39. The third kappa shape index (κ3) is 3.14. The molecule has 0 aliphatic heterocycles. The summed E-state index contributed by atoms with van der Waals surface area (Å²) in [6.45, 7) is 1.97. The summed E-state index contributed by atoms with van der Waals surface area (Å²) in [7, 11) is 0. The zero-order chi connectivity index (χ0) is 18.1. The fourth-order valence-electron chi connectivity index (χ4n) is 2.62. The topological polar surface area (TPSA) is 83.6 Å². The summed E-state index contributed by atoms with van der Waals surface area (Å²) >= 11 is 6.34. The van der Waals surface area contributed by atoms with Crippen LogP contribution < -0.4 is 5.32 Å². The van der Waals surface area contributed by atoms with Crippen LogP contribution in [-0.2, 0) is 0 Å². The van der Waals surface area contributed by atoms with Gasteiger partial charge >= 0.3 is 0 Å². The Morgan fingerprint density at radius 2 is 1.96 bits per heavy atom. The molecule has 6 nitrogen and oxygen atoms in total. The Kier molecular flexibility index (Phi) is 4.10. The first-order chi connectivity index (χ1) is 12.6. The molecule has 4 aromatic rings. The molecule has 3 heterocycles. The average Bonchev–Trinajstić information content (AvgIpc) is 3.07. The van der Waals surface area contributed by atoms with E-state index in [1.165, 1.54) is 0 Å². The number of carbonyl (C=O) groups excluding carboxylic acids is 1. The van der Waals surface area contributed by atoms with E-state index in [-0.39, 0.29) is 5.91 Å². The lowest BCUT2D eigenvalue weighted by atomic mass is 10.1. The number of hydrogen-bond donors (Lipinski definition) is 2. The number of aromatic nitrogens is 4. The van der Waals surface area contributed by atoms with Crippen molar-refractivity contribution in [2.45, 2.75) is 6.92 Å². The highest BCUT2D eigenvalue weighted by Gasteiger charge is 2.12. The zero-order valence-corrected chi connectivity index (χ0v) is 14.6. The van der Waals surface area contributed by atoms with E-state index < -0.39 is 0 Å². The van der Waals surface area contributed by atoms with Gasteiger partial charge in [-0.05, 0) is 48.9 Å². The zero-order valence-electron chi connectivity index (χ0n) is 13.8. The number of amides is 1. The van der Waals surface area contributed by atoms with E-state index >= 15 is 0 Å². The second-order valence-electron chi connectivity index (χ2n) is 5.85. The summed E-state index contributed by atoms with van der Waals surface area (Å²) in [6, 6.07) is 10.5. The Balaban J connectivity index is 1.68. The summed E-state index contributed by atoms with van der Waals surface area (Å²) in [4.78, 5) is 28.3. The number of aromatic amines is 1. The fraction of sp³-hybridized carbons (Fsp3) is 0.0526. The van der Waals surface area contributed by atoms with E-state index in [4.69, 9.17) is 11.6 Å². The Bertz CT molecular complexity index is 1110. The number of halogens is 1. The van der Waals surface area contributed by atoms with Crippen molar-refractivity contribution in [2.75, 3.05) is 5.32 Å². The van der Waals surface area contributed by atoms with Gasteiger partial charge < -0.3 is 10.3 Å². The second kappa shape index (κ2) is 6.57. The van der Waals surface area contributed by atoms with Crippen LogP contribution in [0.5, 0.6) is 0 Å². The molecule has 1 amide bonds. The molecule has 7 heteroatoms. The molecule has 3 aromatic heterocycles. The van der Waals surface area contributed by atoms with Crippen LogP contribution in [0.3, 0.4) is 0 Å². The van der Waals surface area contributed by atoms with E-state index in [2.05, 4.69) is 25.3 Å². The van der Waals surface area contributed by atoms with Gasteiger partial charge in [0, 0.05) is 35.4 Å². The number of fused-ring (bicyclic) bond motifs is 1. The number of aryl methyl sites for hydroxylation is 1. The first-order valence-electron chi connectivity index (χ1n) is 7.94. The summed E-state index contributed by atoms with van der Waals surface area (Å²) in [5.74, 6) is 0.380.